The molecule has 0 aliphatic carbocycles. The zero-order valence-electron chi connectivity index (χ0n) is 12.1. The van der Waals surface area contributed by atoms with E-state index in [1.165, 1.54) is 6.07 Å². The maximum Gasteiger partial charge on any atom is 0.146 e. The highest BCUT2D eigenvalue weighted by atomic mass is 35.5. The van der Waals surface area contributed by atoms with Gasteiger partial charge in [-0.15, -0.1) is 0 Å². The molecule has 0 fully saturated rings. The van der Waals surface area contributed by atoms with Gasteiger partial charge >= 0.3 is 0 Å². The Bertz CT molecular complexity index is 611. The molecule has 0 bridgehead atoms. The van der Waals surface area contributed by atoms with Crippen LogP contribution >= 0.6 is 11.6 Å². The van der Waals surface area contributed by atoms with E-state index in [1.54, 1.807) is 33.4 Å². The lowest BCUT2D eigenvalue weighted by atomic mass is 9.96. The van der Waals surface area contributed by atoms with Crippen LogP contribution in [0.4, 0.5) is 4.39 Å². The van der Waals surface area contributed by atoms with Crippen molar-refractivity contribution < 1.29 is 13.9 Å². The first-order valence-electron chi connectivity index (χ1n) is 6.46. The van der Waals surface area contributed by atoms with E-state index in [9.17, 15) is 4.39 Å². The molecule has 5 heteroatoms. The second kappa shape index (κ2) is 6.78. The maximum atomic E-state index is 14.3. The van der Waals surface area contributed by atoms with Gasteiger partial charge in [-0.25, -0.2) is 4.39 Å². The van der Waals surface area contributed by atoms with Gasteiger partial charge in [0, 0.05) is 5.56 Å². The van der Waals surface area contributed by atoms with Crippen LogP contribution in [0, 0.1) is 5.82 Å². The number of nitrogens with one attached hydrogen (secondary N) is 1. The molecule has 0 radical (unpaired) electrons. The third kappa shape index (κ3) is 2.96. The lowest BCUT2D eigenvalue weighted by Crippen LogP contribution is -2.20. The maximum absolute atomic E-state index is 14.3. The Morgan fingerprint density at radius 2 is 1.62 bits per heavy atom. The van der Waals surface area contributed by atoms with Crippen molar-refractivity contribution in [3.63, 3.8) is 0 Å². The molecule has 0 spiro atoms. The summed E-state index contributed by atoms with van der Waals surface area (Å²) in [5.74, 6) is 0.785. The number of methoxy groups -OCH3 is 2. The molecule has 0 heterocycles. The number of ether oxygens (including phenoxy) is 2. The van der Waals surface area contributed by atoms with Gasteiger partial charge in [0.1, 0.15) is 17.3 Å². The van der Waals surface area contributed by atoms with Gasteiger partial charge in [0.15, 0.2) is 0 Å². The van der Waals surface area contributed by atoms with Crippen LogP contribution in [0.2, 0.25) is 5.02 Å². The molecule has 0 aliphatic heterocycles. The van der Waals surface area contributed by atoms with E-state index in [-0.39, 0.29) is 5.02 Å². The molecule has 1 atom stereocenters. The van der Waals surface area contributed by atoms with E-state index in [4.69, 9.17) is 21.1 Å². The Morgan fingerprint density at radius 1 is 1.05 bits per heavy atom. The molecule has 2 aromatic carbocycles. The van der Waals surface area contributed by atoms with E-state index in [0.717, 1.165) is 5.56 Å². The highest BCUT2D eigenvalue weighted by Gasteiger charge is 2.24. The molecule has 2 aromatic rings. The summed E-state index contributed by atoms with van der Waals surface area (Å²) in [6, 6.07) is 9.93. The van der Waals surface area contributed by atoms with Crippen molar-refractivity contribution in [2.24, 2.45) is 0 Å². The normalized spacial score (nSPS) is 12.0. The highest BCUT2D eigenvalue weighted by Crippen LogP contribution is 2.38. The molecule has 1 N–H and O–H groups in total. The lowest BCUT2D eigenvalue weighted by molar-refractivity contribution is 0.377. The molecule has 112 valence electrons. The second-order valence-electron chi connectivity index (χ2n) is 4.44. The van der Waals surface area contributed by atoms with Crippen LogP contribution in [0.5, 0.6) is 11.5 Å². The van der Waals surface area contributed by atoms with Gasteiger partial charge < -0.3 is 14.8 Å². The first kappa shape index (κ1) is 15.6. The van der Waals surface area contributed by atoms with E-state index in [1.807, 2.05) is 18.2 Å². The third-order valence-corrected chi connectivity index (χ3v) is 3.63. The summed E-state index contributed by atoms with van der Waals surface area (Å²) < 4.78 is 25.1. The summed E-state index contributed by atoms with van der Waals surface area (Å²) in [4.78, 5) is 0. The number of hydrogen-bond acceptors (Lipinski definition) is 3. The average Bonchev–Trinajstić information content (AvgIpc) is 2.52. The minimum absolute atomic E-state index is 0.0848. The van der Waals surface area contributed by atoms with Gasteiger partial charge in [0.05, 0.1) is 30.8 Å². The van der Waals surface area contributed by atoms with Crippen molar-refractivity contribution >= 4 is 11.6 Å². The largest absolute Gasteiger partial charge is 0.496 e. The van der Waals surface area contributed by atoms with Gasteiger partial charge in [-0.05, 0) is 25.2 Å². The molecule has 1 unspecified atom stereocenters. The summed E-state index contributed by atoms with van der Waals surface area (Å²) in [6.07, 6.45) is 0. The molecule has 2 rings (SSSR count). The molecule has 0 saturated carbocycles. The number of rotatable bonds is 5. The Morgan fingerprint density at radius 3 is 2.14 bits per heavy atom. The average molecular weight is 310 g/mol. The molecule has 0 aliphatic rings. The van der Waals surface area contributed by atoms with Crippen LogP contribution in [0.15, 0.2) is 36.4 Å². The van der Waals surface area contributed by atoms with E-state index in [0.29, 0.717) is 17.1 Å². The van der Waals surface area contributed by atoms with E-state index < -0.39 is 11.9 Å². The van der Waals surface area contributed by atoms with Crippen molar-refractivity contribution in [3.8, 4) is 11.5 Å². The van der Waals surface area contributed by atoms with Crippen molar-refractivity contribution in [1.29, 1.82) is 0 Å². The topological polar surface area (TPSA) is 30.5 Å². The molecular weight excluding hydrogens is 293 g/mol. The fourth-order valence-electron chi connectivity index (χ4n) is 2.36. The van der Waals surface area contributed by atoms with Crippen LogP contribution in [0.1, 0.15) is 17.2 Å². The second-order valence-corrected chi connectivity index (χ2v) is 4.85. The third-order valence-electron chi connectivity index (χ3n) is 3.34. The summed E-state index contributed by atoms with van der Waals surface area (Å²) in [5, 5.41) is 3.18. The van der Waals surface area contributed by atoms with E-state index in [2.05, 4.69) is 5.32 Å². The SMILES string of the molecule is CNC(c1cccc(Cl)c1F)c1c(OC)cccc1OC. The van der Waals surface area contributed by atoms with Crippen molar-refractivity contribution in [3.05, 3.63) is 58.4 Å². The molecule has 0 aromatic heterocycles. The molecule has 0 saturated heterocycles. The predicted molar refractivity (Wildman–Crippen MR) is 81.9 cm³/mol. The standard InChI is InChI=1S/C16H17ClFNO2/c1-19-16(10-6-4-7-11(17)15(10)18)14-12(20-2)8-5-9-13(14)21-3/h4-9,16,19H,1-3H3. The monoisotopic (exact) mass is 309 g/mol. The lowest BCUT2D eigenvalue weighted by Gasteiger charge is -2.23. The highest BCUT2D eigenvalue weighted by molar-refractivity contribution is 6.30. The predicted octanol–water partition coefficient (Wildman–Crippen LogP) is 3.81. The summed E-state index contributed by atoms with van der Waals surface area (Å²) >= 11 is 5.88. The minimum atomic E-state index is -0.452. The first-order valence-corrected chi connectivity index (χ1v) is 6.83. The van der Waals surface area contributed by atoms with Crippen molar-refractivity contribution in [2.75, 3.05) is 21.3 Å². The number of benzene rings is 2. The zero-order valence-corrected chi connectivity index (χ0v) is 12.9. The van der Waals surface area contributed by atoms with Crippen LogP contribution in [-0.2, 0) is 0 Å². The summed E-state index contributed by atoms with van der Waals surface area (Å²) in [5.41, 5.74) is 1.17. The Labute approximate surface area is 128 Å². The Balaban J connectivity index is 2.64. The molecular formula is C16H17ClFNO2. The van der Waals surface area contributed by atoms with Crippen LogP contribution in [-0.4, -0.2) is 21.3 Å². The van der Waals surface area contributed by atoms with Crippen molar-refractivity contribution in [2.45, 2.75) is 6.04 Å². The summed E-state index contributed by atoms with van der Waals surface area (Å²) in [6.45, 7) is 0. The van der Waals surface area contributed by atoms with Gasteiger partial charge in [-0.3, -0.25) is 0 Å². The van der Waals surface area contributed by atoms with Gasteiger partial charge in [-0.2, -0.15) is 0 Å². The van der Waals surface area contributed by atoms with Crippen LogP contribution in [0.3, 0.4) is 0 Å². The summed E-state index contributed by atoms with van der Waals surface area (Å²) in [7, 11) is 4.88. The quantitative estimate of drug-likeness (QED) is 0.911. The minimum Gasteiger partial charge on any atom is -0.496 e. The molecule has 3 nitrogen and oxygen atoms in total. The number of hydrogen-bond donors (Lipinski definition) is 1. The smallest absolute Gasteiger partial charge is 0.146 e. The molecule has 0 amide bonds. The Hall–Kier alpha value is -1.78. The van der Waals surface area contributed by atoms with Gasteiger partial charge in [0.2, 0.25) is 0 Å². The van der Waals surface area contributed by atoms with Crippen molar-refractivity contribution in [1.82, 2.24) is 5.32 Å². The molecule has 21 heavy (non-hydrogen) atoms. The Kier molecular flexibility index (Phi) is 5.04. The number of halogens is 2. The van der Waals surface area contributed by atoms with E-state index >= 15 is 0 Å². The van der Waals surface area contributed by atoms with Gasteiger partial charge in [-0.1, -0.05) is 29.8 Å². The van der Waals surface area contributed by atoms with Crippen LogP contribution < -0.4 is 14.8 Å². The fraction of sp³-hybridized carbons (Fsp3) is 0.250. The first-order chi connectivity index (χ1) is 10.1. The fourth-order valence-corrected chi connectivity index (χ4v) is 2.55. The zero-order chi connectivity index (χ0) is 15.4. The van der Waals surface area contributed by atoms with Crippen LogP contribution in [0.25, 0.3) is 0 Å². The van der Waals surface area contributed by atoms with Gasteiger partial charge in [0.25, 0.3) is 0 Å².